The number of hydrogen-bond donors (Lipinski definition) is 1. The number of hydrogen-bond acceptors (Lipinski definition) is 5. The number of pyridine rings is 1. The first-order chi connectivity index (χ1) is 12.2. The van der Waals surface area contributed by atoms with E-state index in [2.05, 4.69) is 45.7 Å². The Bertz CT molecular complexity index is 502. The molecular formula is C20H34N4O. The van der Waals surface area contributed by atoms with E-state index in [4.69, 9.17) is 0 Å². The summed E-state index contributed by atoms with van der Waals surface area (Å²) in [4.78, 5) is 12.3. The molecule has 0 spiro atoms. The lowest BCUT2D eigenvalue weighted by Gasteiger charge is -2.48. The number of aromatic nitrogens is 1. The number of aliphatic hydroxyl groups excluding tert-OH is 1. The minimum Gasteiger partial charge on any atom is -0.396 e. The molecule has 0 aliphatic carbocycles. The van der Waals surface area contributed by atoms with Crippen molar-refractivity contribution in [1.82, 2.24) is 19.7 Å². The molecule has 2 fully saturated rings. The van der Waals surface area contributed by atoms with Gasteiger partial charge in [-0.1, -0.05) is 6.07 Å². The van der Waals surface area contributed by atoms with E-state index in [0.717, 1.165) is 38.3 Å². The fourth-order valence-electron chi connectivity index (χ4n) is 4.42. The third kappa shape index (κ3) is 5.00. The highest BCUT2D eigenvalue weighted by molar-refractivity contribution is 5.04. The third-order valence-corrected chi connectivity index (χ3v) is 5.88. The van der Waals surface area contributed by atoms with Crippen LogP contribution in [0.15, 0.2) is 24.4 Å². The predicted octanol–water partition coefficient (Wildman–Crippen LogP) is 1.82. The summed E-state index contributed by atoms with van der Waals surface area (Å²) in [6.45, 7) is 11.5. The molecule has 1 atom stereocenters. The minimum absolute atomic E-state index is 0.281. The molecule has 0 amide bonds. The van der Waals surface area contributed by atoms with Gasteiger partial charge in [-0.15, -0.1) is 0 Å². The summed E-state index contributed by atoms with van der Waals surface area (Å²) in [6.07, 6.45) is 5.28. The number of likely N-dealkylation sites (tertiary alicyclic amines) is 1. The summed E-state index contributed by atoms with van der Waals surface area (Å²) >= 11 is 0. The van der Waals surface area contributed by atoms with Crippen LogP contribution in [0.3, 0.4) is 0 Å². The first-order valence-electron chi connectivity index (χ1n) is 9.90. The zero-order valence-corrected chi connectivity index (χ0v) is 15.8. The highest BCUT2D eigenvalue weighted by Gasteiger charge is 2.33. The fourth-order valence-corrected chi connectivity index (χ4v) is 4.42. The highest BCUT2D eigenvalue weighted by Crippen LogP contribution is 2.24. The largest absolute Gasteiger partial charge is 0.396 e. The van der Waals surface area contributed by atoms with Gasteiger partial charge in [0.2, 0.25) is 0 Å². The fraction of sp³-hybridized carbons (Fsp3) is 0.750. The molecule has 3 rings (SSSR count). The summed E-state index contributed by atoms with van der Waals surface area (Å²) in [7, 11) is 0. The average Bonchev–Trinajstić information content (AvgIpc) is 2.63. The molecule has 0 bridgehead atoms. The molecule has 2 aliphatic rings. The zero-order valence-electron chi connectivity index (χ0n) is 15.8. The smallest absolute Gasteiger partial charge is 0.0543 e. The third-order valence-electron chi connectivity index (χ3n) is 5.88. The molecular weight excluding hydrogens is 312 g/mol. The Morgan fingerprint density at radius 3 is 2.60 bits per heavy atom. The Hall–Kier alpha value is -1.01. The van der Waals surface area contributed by atoms with Crippen molar-refractivity contribution in [3.8, 4) is 0 Å². The van der Waals surface area contributed by atoms with Crippen LogP contribution in [0, 0.1) is 0 Å². The van der Waals surface area contributed by atoms with Crippen LogP contribution in [0.4, 0.5) is 0 Å². The lowest BCUT2D eigenvalue weighted by Crippen LogP contribution is -2.58. The number of rotatable bonds is 6. The van der Waals surface area contributed by atoms with Crippen LogP contribution >= 0.6 is 0 Å². The maximum Gasteiger partial charge on any atom is 0.0543 e. The molecule has 140 valence electrons. The van der Waals surface area contributed by atoms with Crippen LogP contribution in [-0.4, -0.2) is 82.2 Å². The monoisotopic (exact) mass is 346 g/mol. The van der Waals surface area contributed by atoms with Crippen molar-refractivity contribution in [2.24, 2.45) is 0 Å². The topological polar surface area (TPSA) is 42.8 Å². The normalized spacial score (nSPS) is 24.9. The van der Waals surface area contributed by atoms with Crippen molar-refractivity contribution in [2.75, 3.05) is 39.3 Å². The summed E-state index contributed by atoms with van der Waals surface area (Å²) in [5.41, 5.74) is 1.14. The van der Waals surface area contributed by atoms with Gasteiger partial charge < -0.3 is 10.0 Å². The van der Waals surface area contributed by atoms with Gasteiger partial charge in [0.05, 0.1) is 5.69 Å². The molecule has 1 aromatic rings. The molecule has 2 aliphatic heterocycles. The SMILES string of the molecule is CC(C)N1CCC(N2CCN(Cc3ccccn3)C[C@H]2CCO)CC1. The average molecular weight is 347 g/mol. The Morgan fingerprint density at radius 2 is 1.96 bits per heavy atom. The van der Waals surface area contributed by atoms with Crippen LogP contribution in [-0.2, 0) is 6.54 Å². The van der Waals surface area contributed by atoms with Gasteiger partial charge in [-0.2, -0.15) is 0 Å². The van der Waals surface area contributed by atoms with E-state index in [-0.39, 0.29) is 6.61 Å². The second kappa shape index (κ2) is 9.08. The van der Waals surface area contributed by atoms with Gasteiger partial charge in [-0.25, -0.2) is 0 Å². The molecule has 2 saturated heterocycles. The standard InChI is InChI=1S/C20H34N4O/c1-17(2)23-10-6-19(7-11-23)24-13-12-22(16-20(24)8-14-25)15-18-5-3-4-9-21-18/h3-5,9,17,19-20,25H,6-8,10-16H2,1-2H3/t20-/m1/s1. The molecule has 0 aromatic carbocycles. The van der Waals surface area contributed by atoms with Crippen molar-refractivity contribution >= 4 is 0 Å². The van der Waals surface area contributed by atoms with E-state index in [1.54, 1.807) is 0 Å². The van der Waals surface area contributed by atoms with E-state index < -0.39 is 0 Å². The van der Waals surface area contributed by atoms with E-state index in [1.165, 1.54) is 25.9 Å². The second-order valence-corrected chi connectivity index (χ2v) is 7.82. The van der Waals surface area contributed by atoms with Gasteiger partial charge >= 0.3 is 0 Å². The minimum atomic E-state index is 0.281. The molecule has 0 radical (unpaired) electrons. The van der Waals surface area contributed by atoms with Crippen molar-refractivity contribution in [3.63, 3.8) is 0 Å². The van der Waals surface area contributed by atoms with Crippen molar-refractivity contribution in [3.05, 3.63) is 30.1 Å². The van der Waals surface area contributed by atoms with Crippen molar-refractivity contribution in [2.45, 2.75) is 57.8 Å². The van der Waals surface area contributed by atoms with Gasteiger partial charge in [0.15, 0.2) is 0 Å². The number of aliphatic hydroxyl groups is 1. The summed E-state index contributed by atoms with van der Waals surface area (Å²) in [5.74, 6) is 0. The van der Waals surface area contributed by atoms with E-state index in [1.807, 2.05) is 12.3 Å². The number of piperidine rings is 1. The first-order valence-corrected chi connectivity index (χ1v) is 9.90. The lowest BCUT2D eigenvalue weighted by molar-refractivity contribution is -0.000337. The van der Waals surface area contributed by atoms with Gasteiger partial charge in [-0.05, 0) is 58.3 Å². The molecule has 0 saturated carbocycles. The molecule has 0 unspecified atom stereocenters. The molecule has 1 aromatic heterocycles. The number of nitrogens with zero attached hydrogens (tertiary/aromatic N) is 4. The summed E-state index contributed by atoms with van der Waals surface area (Å²) in [6, 6.07) is 7.95. The maximum absolute atomic E-state index is 9.56. The molecule has 1 N–H and O–H groups in total. The van der Waals surface area contributed by atoms with Gasteiger partial charge in [-0.3, -0.25) is 14.8 Å². The Labute approximate surface area is 152 Å². The summed E-state index contributed by atoms with van der Waals surface area (Å²) in [5, 5.41) is 9.56. The van der Waals surface area contributed by atoms with Crippen molar-refractivity contribution in [1.29, 1.82) is 0 Å². The van der Waals surface area contributed by atoms with Crippen molar-refractivity contribution < 1.29 is 5.11 Å². The van der Waals surface area contributed by atoms with Crippen LogP contribution in [0.25, 0.3) is 0 Å². The van der Waals surface area contributed by atoms with Crippen LogP contribution in [0.1, 0.15) is 38.8 Å². The first kappa shape index (κ1) is 18.8. The maximum atomic E-state index is 9.56. The number of piperazine rings is 1. The van der Waals surface area contributed by atoms with Crippen LogP contribution < -0.4 is 0 Å². The highest BCUT2D eigenvalue weighted by atomic mass is 16.3. The van der Waals surface area contributed by atoms with Gasteiger partial charge in [0.25, 0.3) is 0 Å². The zero-order chi connectivity index (χ0) is 17.6. The Balaban J connectivity index is 1.56. The Morgan fingerprint density at radius 1 is 1.16 bits per heavy atom. The quantitative estimate of drug-likeness (QED) is 0.851. The van der Waals surface area contributed by atoms with E-state index in [9.17, 15) is 5.11 Å². The second-order valence-electron chi connectivity index (χ2n) is 7.82. The molecule has 5 heteroatoms. The van der Waals surface area contributed by atoms with Crippen LogP contribution in [0.5, 0.6) is 0 Å². The molecule has 25 heavy (non-hydrogen) atoms. The van der Waals surface area contributed by atoms with Crippen LogP contribution in [0.2, 0.25) is 0 Å². The molecule has 3 heterocycles. The predicted molar refractivity (Wildman–Crippen MR) is 101 cm³/mol. The van der Waals surface area contributed by atoms with Gasteiger partial charge in [0, 0.05) is 57.1 Å². The summed E-state index contributed by atoms with van der Waals surface area (Å²) < 4.78 is 0. The molecule has 5 nitrogen and oxygen atoms in total. The van der Waals surface area contributed by atoms with Gasteiger partial charge in [0.1, 0.15) is 0 Å². The lowest BCUT2D eigenvalue weighted by atomic mass is 9.97. The van der Waals surface area contributed by atoms with E-state index >= 15 is 0 Å². The Kier molecular flexibility index (Phi) is 6.82. The van der Waals surface area contributed by atoms with E-state index in [0.29, 0.717) is 18.1 Å².